The highest BCUT2D eigenvalue weighted by Crippen LogP contribution is 2.43. The predicted octanol–water partition coefficient (Wildman–Crippen LogP) is 4.17. The van der Waals surface area contributed by atoms with E-state index in [2.05, 4.69) is 22.9 Å². The first-order chi connectivity index (χ1) is 16.1. The van der Waals surface area contributed by atoms with E-state index in [-0.39, 0.29) is 35.3 Å². The van der Waals surface area contributed by atoms with Crippen molar-refractivity contribution in [3.8, 4) is 16.9 Å². The van der Waals surface area contributed by atoms with Gasteiger partial charge >= 0.3 is 15.6 Å². The van der Waals surface area contributed by atoms with Crippen molar-refractivity contribution in [3.63, 3.8) is 0 Å². The Morgan fingerprint density at radius 1 is 1.20 bits per heavy atom. The van der Waals surface area contributed by atoms with Crippen molar-refractivity contribution in [2.24, 2.45) is 11.7 Å². The second-order valence-electron chi connectivity index (χ2n) is 8.30. The minimum Gasteiger partial charge on any atom is -0.403 e. The lowest BCUT2D eigenvalue weighted by atomic mass is 9.93. The van der Waals surface area contributed by atoms with E-state index in [9.17, 15) is 13.9 Å². The van der Waals surface area contributed by atoms with Gasteiger partial charge in [-0.05, 0) is 43.4 Å². The molecule has 0 fully saturated rings. The molecule has 35 heavy (non-hydrogen) atoms. The molecule has 0 radical (unpaired) electrons. The summed E-state index contributed by atoms with van der Waals surface area (Å²) in [7, 11) is -9.43. The number of nitrogens with two attached hydrogens (primary N) is 1. The number of halogens is 1. The molecule has 1 unspecified atom stereocenters. The van der Waals surface area contributed by atoms with Gasteiger partial charge in [-0.25, -0.2) is 9.13 Å². The summed E-state index contributed by atoms with van der Waals surface area (Å²) in [6.45, 7) is 6.00. The maximum absolute atomic E-state index is 12.5. The van der Waals surface area contributed by atoms with Crippen LogP contribution in [0.3, 0.4) is 0 Å². The molecule has 14 heteroatoms. The molecule has 0 aliphatic rings. The van der Waals surface area contributed by atoms with Gasteiger partial charge in [-0.15, -0.1) is 0 Å². The van der Waals surface area contributed by atoms with E-state index in [0.717, 1.165) is 18.5 Å². The average Bonchev–Trinajstić information content (AvgIpc) is 2.97. The fourth-order valence-corrected chi connectivity index (χ4v) is 5.17. The van der Waals surface area contributed by atoms with Crippen LogP contribution >= 0.6 is 27.2 Å². The molecular weight excluding hydrogens is 522 g/mol. The van der Waals surface area contributed by atoms with Gasteiger partial charge in [0.1, 0.15) is 5.75 Å². The van der Waals surface area contributed by atoms with Crippen LogP contribution in [0.1, 0.15) is 54.9 Å². The van der Waals surface area contributed by atoms with Gasteiger partial charge in [0, 0.05) is 23.5 Å². The van der Waals surface area contributed by atoms with E-state index in [4.69, 9.17) is 36.9 Å². The Morgan fingerprint density at radius 3 is 2.37 bits per heavy atom. The molecule has 0 saturated carbocycles. The first-order valence-electron chi connectivity index (χ1n) is 10.9. The highest BCUT2D eigenvalue weighted by molar-refractivity contribution is 7.46. The number of primary amides is 1. The molecule has 1 aromatic heterocycles. The minimum absolute atomic E-state index is 0.0609. The van der Waals surface area contributed by atoms with E-state index in [0.29, 0.717) is 29.8 Å². The number of hydrogen-bond acceptors (Lipinski definition) is 5. The SMILES string of the molecule is CCCC(C)Cc1c(-c2ccc(OP(=O)(O)O)c(Cl)c2)c(C(N)=O)c(C)n1CCCOP(=O)(O)O. The molecule has 1 heterocycles. The van der Waals surface area contributed by atoms with E-state index < -0.39 is 21.6 Å². The summed E-state index contributed by atoms with van der Waals surface area (Å²) in [5.41, 5.74) is 8.42. The summed E-state index contributed by atoms with van der Waals surface area (Å²) in [5, 5.41) is -0.0609. The average molecular weight is 553 g/mol. The van der Waals surface area contributed by atoms with E-state index in [1.807, 2.05) is 4.57 Å². The number of benzene rings is 1. The summed E-state index contributed by atoms with van der Waals surface area (Å²) < 4.78 is 33.3. The fourth-order valence-electron chi connectivity index (χ4n) is 4.11. The Balaban J connectivity index is 2.61. The summed E-state index contributed by atoms with van der Waals surface area (Å²) in [6, 6.07) is 4.29. The highest BCUT2D eigenvalue weighted by Gasteiger charge is 2.27. The van der Waals surface area contributed by atoms with Gasteiger partial charge in [0.05, 0.1) is 17.2 Å². The standard InChI is InChI=1S/C21H31ClN2O9P2/c1-4-6-13(2)11-17-20(15-7-8-18(16(22)12-15)33-35(29,30)31)19(21(23)25)14(3)24(17)9-5-10-32-34(26,27)28/h7-8,12-13H,4-6,9-11H2,1-3H3,(H2,23,25)(H2,26,27,28)(H2,29,30,31). The largest absolute Gasteiger partial charge is 0.524 e. The Bertz CT molecular complexity index is 1160. The zero-order valence-corrected chi connectivity index (χ0v) is 22.2. The number of amides is 1. The number of aromatic nitrogens is 1. The molecule has 6 N–H and O–H groups in total. The van der Waals surface area contributed by atoms with Crippen LogP contribution in [0.2, 0.25) is 5.02 Å². The third kappa shape index (κ3) is 8.44. The Kier molecular flexibility index (Phi) is 10.2. The molecule has 11 nitrogen and oxygen atoms in total. The van der Waals surface area contributed by atoms with E-state index in [1.54, 1.807) is 6.92 Å². The first-order valence-corrected chi connectivity index (χ1v) is 14.3. The molecule has 0 aliphatic heterocycles. The van der Waals surface area contributed by atoms with Crippen LogP contribution in [-0.4, -0.2) is 36.7 Å². The van der Waals surface area contributed by atoms with Crippen molar-refractivity contribution in [1.82, 2.24) is 4.57 Å². The molecule has 1 atom stereocenters. The van der Waals surface area contributed by atoms with Crippen LogP contribution in [0.4, 0.5) is 0 Å². The normalized spacial score (nSPS) is 13.1. The summed E-state index contributed by atoms with van der Waals surface area (Å²) >= 11 is 6.24. The Labute approximate surface area is 208 Å². The van der Waals surface area contributed by atoms with Crippen LogP contribution in [0.25, 0.3) is 11.1 Å². The van der Waals surface area contributed by atoms with Crippen molar-refractivity contribution in [3.05, 3.63) is 40.2 Å². The van der Waals surface area contributed by atoms with Gasteiger partial charge in [0.2, 0.25) is 0 Å². The number of hydrogen-bond donors (Lipinski definition) is 5. The molecule has 2 rings (SSSR count). The molecule has 0 bridgehead atoms. The Morgan fingerprint density at radius 2 is 1.86 bits per heavy atom. The lowest BCUT2D eigenvalue weighted by Crippen LogP contribution is -2.14. The van der Waals surface area contributed by atoms with Crippen LogP contribution in [0.15, 0.2) is 18.2 Å². The second-order valence-corrected chi connectivity index (χ2v) is 11.1. The number of phosphoric ester groups is 2. The molecule has 0 spiro atoms. The van der Waals surface area contributed by atoms with Crippen LogP contribution < -0.4 is 10.3 Å². The summed E-state index contributed by atoms with van der Waals surface area (Å²) in [6.07, 6.45) is 2.72. The number of carbonyl (C=O) groups excluding carboxylic acids is 1. The predicted molar refractivity (Wildman–Crippen MR) is 131 cm³/mol. The third-order valence-electron chi connectivity index (χ3n) is 5.42. The van der Waals surface area contributed by atoms with Crippen LogP contribution in [0, 0.1) is 12.8 Å². The number of rotatable bonds is 13. The maximum atomic E-state index is 12.5. The zero-order chi connectivity index (χ0) is 26.6. The topological polar surface area (TPSA) is 182 Å². The lowest BCUT2D eigenvalue weighted by Gasteiger charge is -2.17. The van der Waals surface area contributed by atoms with Crippen molar-refractivity contribution in [1.29, 1.82) is 0 Å². The van der Waals surface area contributed by atoms with Gasteiger partial charge in [0.15, 0.2) is 0 Å². The van der Waals surface area contributed by atoms with Gasteiger partial charge < -0.3 is 24.6 Å². The lowest BCUT2D eigenvalue weighted by molar-refractivity contribution is 0.1000. The van der Waals surface area contributed by atoms with Crippen LogP contribution in [-0.2, 0) is 26.6 Å². The van der Waals surface area contributed by atoms with Gasteiger partial charge in [-0.2, -0.15) is 0 Å². The molecule has 0 saturated heterocycles. The van der Waals surface area contributed by atoms with Crippen LogP contribution in [0.5, 0.6) is 5.75 Å². The monoisotopic (exact) mass is 552 g/mol. The van der Waals surface area contributed by atoms with Gasteiger partial charge in [-0.3, -0.25) is 19.1 Å². The first kappa shape index (κ1) is 29.5. The van der Waals surface area contributed by atoms with Gasteiger partial charge in [-0.1, -0.05) is 44.4 Å². The van der Waals surface area contributed by atoms with Crippen molar-refractivity contribution in [2.45, 2.75) is 53.0 Å². The second kappa shape index (κ2) is 12.0. The molecule has 0 aliphatic carbocycles. The molecule has 196 valence electrons. The zero-order valence-electron chi connectivity index (χ0n) is 19.7. The molecular formula is C21H31ClN2O9P2. The number of phosphoric acid groups is 2. The summed E-state index contributed by atoms with van der Waals surface area (Å²) in [5.74, 6) is -0.638. The van der Waals surface area contributed by atoms with Crippen molar-refractivity contribution in [2.75, 3.05) is 6.61 Å². The van der Waals surface area contributed by atoms with Crippen molar-refractivity contribution < 1.29 is 42.5 Å². The van der Waals surface area contributed by atoms with E-state index >= 15 is 0 Å². The number of nitrogens with zero attached hydrogens (tertiary/aromatic N) is 1. The molecule has 1 amide bonds. The van der Waals surface area contributed by atoms with Gasteiger partial charge in [0.25, 0.3) is 5.91 Å². The maximum Gasteiger partial charge on any atom is 0.524 e. The molecule has 1 aromatic carbocycles. The molecule has 2 aromatic rings. The quantitative estimate of drug-likeness (QED) is 0.180. The number of carbonyl (C=O) groups is 1. The smallest absolute Gasteiger partial charge is 0.403 e. The van der Waals surface area contributed by atoms with Crippen molar-refractivity contribution >= 4 is 33.2 Å². The Hall–Kier alpha value is -1.68. The fraction of sp³-hybridized carbons (Fsp3) is 0.476. The highest BCUT2D eigenvalue weighted by atomic mass is 35.5. The van der Waals surface area contributed by atoms with E-state index in [1.165, 1.54) is 18.2 Å². The third-order valence-corrected chi connectivity index (χ3v) is 6.67. The minimum atomic E-state index is -4.82. The summed E-state index contributed by atoms with van der Waals surface area (Å²) in [4.78, 5) is 48.6.